The van der Waals surface area contributed by atoms with Crippen molar-refractivity contribution in [1.82, 2.24) is 20.2 Å². The molecule has 0 atom stereocenters. The fraction of sp³-hybridized carbons (Fsp3) is 0.857. The summed E-state index contributed by atoms with van der Waals surface area (Å²) in [5, 5.41) is 11.6. The Morgan fingerprint density at radius 1 is 1.33 bits per heavy atom. The van der Waals surface area contributed by atoms with Crippen LogP contribution in [0.3, 0.4) is 0 Å². The van der Waals surface area contributed by atoms with E-state index in [1.807, 2.05) is 0 Å². The fourth-order valence-corrected chi connectivity index (χ4v) is 1.25. The van der Waals surface area contributed by atoms with Crippen LogP contribution >= 0.6 is 15.9 Å². The molecule has 68 valence electrons. The smallest absolute Gasteiger partial charge is 0.163 e. The van der Waals surface area contributed by atoms with E-state index in [0.717, 1.165) is 13.0 Å². The first kappa shape index (κ1) is 9.64. The SMILES string of the molecule is CCCCCCn1nnc(Br)n1. The monoisotopic (exact) mass is 232 g/mol. The van der Waals surface area contributed by atoms with Crippen molar-refractivity contribution >= 4 is 15.9 Å². The lowest BCUT2D eigenvalue weighted by molar-refractivity contribution is 0.479. The maximum atomic E-state index is 4.02. The summed E-state index contributed by atoms with van der Waals surface area (Å²) in [6, 6.07) is 0. The number of tetrazole rings is 1. The van der Waals surface area contributed by atoms with Gasteiger partial charge < -0.3 is 0 Å². The molecule has 1 rings (SSSR count). The number of unbranched alkanes of at least 4 members (excludes halogenated alkanes) is 3. The molecule has 0 fully saturated rings. The van der Waals surface area contributed by atoms with Crippen molar-refractivity contribution in [2.45, 2.75) is 39.2 Å². The van der Waals surface area contributed by atoms with E-state index in [1.165, 1.54) is 19.3 Å². The Kier molecular flexibility index (Phi) is 4.21. The third-order valence-corrected chi connectivity index (χ3v) is 1.96. The fourth-order valence-electron chi connectivity index (χ4n) is 0.999. The average molecular weight is 233 g/mol. The molecule has 1 aromatic rings. The van der Waals surface area contributed by atoms with Crippen molar-refractivity contribution < 1.29 is 0 Å². The van der Waals surface area contributed by atoms with Crippen LogP contribution in [-0.4, -0.2) is 20.2 Å². The summed E-state index contributed by atoms with van der Waals surface area (Å²) in [5.41, 5.74) is 0. The molecular formula is C7H13BrN4. The number of aryl methyl sites for hydroxylation is 1. The Morgan fingerprint density at radius 2 is 2.17 bits per heavy atom. The van der Waals surface area contributed by atoms with Gasteiger partial charge in [-0.1, -0.05) is 26.2 Å². The zero-order valence-corrected chi connectivity index (χ0v) is 8.79. The Hall–Kier alpha value is -0.450. The third kappa shape index (κ3) is 3.30. The summed E-state index contributed by atoms with van der Waals surface area (Å²) < 4.78 is 0.568. The predicted molar refractivity (Wildman–Crippen MR) is 49.7 cm³/mol. The lowest BCUT2D eigenvalue weighted by Gasteiger charge is -1.96. The summed E-state index contributed by atoms with van der Waals surface area (Å²) in [6.45, 7) is 3.07. The Morgan fingerprint density at radius 3 is 2.75 bits per heavy atom. The van der Waals surface area contributed by atoms with Gasteiger partial charge in [0.05, 0.1) is 6.54 Å². The molecule has 4 nitrogen and oxygen atoms in total. The molecule has 0 unspecified atom stereocenters. The van der Waals surface area contributed by atoms with Gasteiger partial charge in [0.1, 0.15) is 0 Å². The second-order valence-corrected chi connectivity index (χ2v) is 3.42. The second-order valence-electron chi connectivity index (χ2n) is 2.72. The van der Waals surface area contributed by atoms with Crippen molar-refractivity contribution in [1.29, 1.82) is 0 Å². The topological polar surface area (TPSA) is 43.6 Å². The minimum absolute atomic E-state index is 0.568. The van der Waals surface area contributed by atoms with E-state index in [1.54, 1.807) is 4.80 Å². The first-order valence-electron chi connectivity index (χ1n) is 4.26. The van der Waals surface area contributed by atoms with Gasteiger partial charge in [0, 0.05) is 0 Å². The summed E-state index contributed by atoms with van der Waals surface area (Å²) in [4.78, 5) is 1.62. The highest BCUT2D eigenvalue weighted by Crippen LogP contribution is 2.01. The molecule has 0 aliphatic heterocycles. The quantitative estimate of drug-likeness (QED) is 0.730. The number of rotatable bonds is 5. The molecule has 0 saturated heterocycles. The van der Waals surface area contributed by atoms with E-state index in [0.29, 0.717) is 4.73 Å². The number of hydrogen-bond donors (Lipinski definition) is 0. The summed E-state index contributed by atoms with van der Waals surface area (Å²) in [6.07, 6.45) is 4.93. The summed E-state index contributed by atoms with van der Waals surface area (Å²) in [5.74, 6) is 0. The highest BCUT2D eigenvalue weighted by Gasteiger charge is 1.96. The lowest BCUT2D eigenvalue weighted by Crippen LogP contribution is -2.02. The van der Waals surface area contributed by atoms with E-state index in [-0.39, 0.29) is 0 Å². The van der Waals surface area contributed by atoms with Crippen molar-refractivity contribution in [2.24, 2.45) is 0 Å². The van der Waals surface area contributed by atoms with E-state index in [9.17, 15) is 0 Å². The minimum atomic E-state index is 0.568. The first-order valence-corrected chi connectivity index (χ1v) is 5.05. The summed E-state index contributed by atoms with van der Waals surface area (Å²) >= 11 is 3.15. The van der Waals surface area contributed by atoms with Gasteiger partial charge >= 0.3 is 0 Å². The zero-order valence-electron chi connectivity index (χ0n) is 7.20. The van der Waals surface area contributed by atoms with E-state index < -0.39 is 0 Å². The van der Waals surface area contributed by atoms with Gasteiger partial charge in [0.15, 0.2) is 0 Å². The van der Waals surface area contributed by atoms with Crippen LogP contribution in [0.1, 0.15) is 32.6 Å². The summed E-state index contributed by atoms with van der Waals surface area (Å²) in [7, 11) is 0. The molecule has 0 spiro atoms. The standard InChI is InChI=1S/C7H13BrN4/c1-2-3-4-5-6-12-10-7(8)9-11-12/h2-6H2,1H3. The van der Waals surface area contributed by atoms with Crippen LogP contribution in [0.25, 0.3) is 0 Å². The molecule has 0 aliphatic rings. The molecule has 0 bridgehead atoms. The van der Waals surface area contributed by atoms with Gasteiger partial charge in [-0.05, 0) is 27.6 Å². The lowest BCUT2D eigenvalue weighted by atomic mass is 10.2. The van der Waals surface area contributed by atoms with Crippen LogP contribution in [0.15, 0.2) is 4.73 Å². The maximum Gasteiger partial charge on any atom is 0.239 e. The van der Waals surface area contributed by atoms with Crippen LogP contribution in [0, 0.1) is 0 Å². The number of hydrogen-bond acceptors (Lipinski definition) is 3. The Labute approximate surface area is 80.5 Å². The predicted octanol–water partition coefficient (Wildman–Crippen LogP) is 2.02. The number of aromatic nitrogens is 4. The number of nitrogens with zero attached hydrogens (tertiary/aromatic N) is 4. The first-order chi connectivity index (χ1) is 5.83. The molecule has 0 aliphatic carbocycles. The van der Waals surface area contributed by atoms with Gasteiger partial charge in [0.25, 0.3) is 0 Å². The maximum absolute atomic E-state index is 4.02. The zero-order chi connectivity index (χ0) is 8.81. The van der Waals surface area contributed by atoms with Crippen LogP contribution < -0.4 is 0 Å². The Balaban J connectivity index is 2.15. The van der Waals surface area contributed by atoms with Crippen LogP contribution in [0.5, 0.6) is 0 Å². The molecule has 0 aromatic carbocycles. The van der Waals surface area contributed by atoms with Crippen LogP contribution in [0.4, 0.5) is 0 Å². The van der Waals surface area contributed by atoms with Gasteiger partial charge in [0.2, 0.25) is 4.73 Å². The molecule has 1 aromatic heterocycles. The highest BCUT2D eigenvalue weighted by molar-refractivity contribution is 9.10. The molecular weight excluding hydrogens is 220 g/mol. The minimum Gasteiger partial charge on any atom is -0.163 e. The van der Waals surface area contributed by atoms with Crippen LogP contribution in [-0.2, 0) is 6.54 Å². The molecule has 1 heterocycles. The third-order valence-electron chi connectivity index (χ3n) is 1.64. The molecule has 0 saturated carbocycles. The van der Waals surface area contributed by atoms with Gasteiger partial charge in [-0.15, -0.1) is 10.2 Å². The average Bonchev–Trinajstić information content (AvgIpc) is 2.45. The largest absolute Gasteiger partial charge is 0.239 e. The van der Waals surface area contributed by atoms with Gasteiger partial charge in [-0.3, -0.25) is 0 Å². The van der Waals surface area contributed by atoms with Crippen molar-refractivity contribution in [2.75, 3.05) is 0 Å². The Bertz CT molecular complexity index is 223. The molecule has 12 heavy (non-hydrogen) atoms. The molecule has 0 radical (unpaired) electrons. The molecule has 5 heteroatoms. The molecule has 0 amide bonds. The van der Waals surface area contributed by atoms with Gasteiger partial charge in [-0.25, -0.2) is 0 Å². The van der Waals surface area contributed by atoms with Gasteiger partial charge in [-0.2, -0.15) is 4.80 Å². The molecule has 0 N–H and O–H groups in total. The van der Waals surface area contributed by atoms with E-state index in [2.05, 4.69) is 38.3 Å². The highest BCUT2D eigenvalue weighted by atomic mass is 79.9. The van der Waals surface area contributed by atoms with Crippen LogP contribution in [0.2, 0.25) is 0 Å². The van der Waals surface area contributed by atoms with Crippen molar-refractivity contribution in [3.63, 3.8) is 0 Å². The van der Waals surface area contributed by atoms with Crippen molar-refractivity contribution in [3.05, 3.63) is 4.73 Å². The van der Waals surface area contributed by atoms with E-state index in [4.69, 9.17) is 0 Å². The number of halogens is 1. The van der Waals surface area contributed by atoms with E-state index >= 15 is 0 Å². The second kappa shape index (κ2) is 5.24. The van der Waals surface area contributed by atoms with Crippen molar-refractivity contribution in [3.8, 4) is 0 Å². The normalized spacial score (nSPS) is 10.5.